The number of ether oxygens (including phenoxy) is 1. The maximum absolute atomic E-state index is 12.1. The third-order valence-corrected chi connectivity index (χ3v) is 4.39. The third kappa shape index (κ3) is 2.24. The van der Waals surface area contributed by atoms with Crippen LogP contribution in [0.1, 0.15) is 36.0 Å². The fourth-order valence-corrected chi connectivity index (χ4v) is 2.95. The standard InChI is InChI=1S/C15H17NO4/c1-20-12-6-10(2-3-11(12)14(18)19)16-13(17)9-7-15(8-9)4-5-15/h2-3,6,9H,4-5,7-8H2,1H3,(H,16,17)(H,18,19). The van der Waals surface area contributed by atoms with Gasteiger partial charge in [-0.3, -0.25) is 4.79 Å². The fraction of sp³-hybridized carbons (Fsp3) is 0.467. The lowest BCUT2D eigenvalue weighted by molar-refractivity contribution is -0.124. The van der Waals surface area contributed by atoms with Gasteiger partial charge in [0.25, 0.3) is 0 Å². The minimum atomic E-state index is -1.05. The van der Waals surface area contributed by atoms with Crippen molar-refractivity contribution in [2.24, 2.45) is 11.3 Å². The Balaban J connectivity index is 1.68. The van der Waals surface area contributed by atoms with Gasteiger partial charge in [-0.1, -0.05) is 0 Å². The van der Waals surface area contributed by atoms with E-state index in [-0.39, 0.29) is 23.1 Å². The molecule has 2 N–H and O–H groups in total. The molecular weight excluding hydrogens is 258 g/mol. The van der Waals surface area contributed by atoms with E-state index in [1.165, 1.54) is 26.0 Å². The number of hydrogen-bond donors (Lipinski definition) is 2. The van der Waals surface area contributed by atoms with Crippen molar-refractivity contribution in [3.63, 3.8) is 0 Å². The Bertz CT molecular complexity index is 569. The van der Waals surface area contributed by atoms with Crippen LogP contribution in [0.2, 0.25) is 0 Å². The summed E-state index contributed by atoms with van der Waals surface area (Å²) in [5.74, 6) is -0.674. The molecule has 1 spiro atoms. The number of anilines is 1. The van der Waals surface area contributed by atoms with Gasteiger partial charge < -0.3 is 15.2 Å². The van der Waals surface area contributed by atoms with E-state index < -0.39 is 5.97 Å². The molecule has 0 bridgehead atoms. The summed E-state index contributed by atoms with van der Waals surface area (Å²) in [6, 6.07) is 4.59. The number of aromatic carboxylic acids is 1. The lowest BCUT2D eigenvalue weighted by Crippen LogP contribution is -2.35. The average Bonchev–Trinajstić information content (AvgIpc) is 3.16. The number of carboxylic acid groups (broad SMARTS) is 1. The number of benzene rings is 1. The van der Waals surface area contributed by atoms with Crippen LogP contribution in [0.5, 0.6) is 5.75 Å². The molecule has 0 atom stereocenters. The zero-order chi connectivity index (χ0) is 14.3. The Labute approximate surface area is 116 Å². The first-order valence-corrected chi connectivity index (χ1v) is 6.75. The van der Waals surface area contributed by atoms with E-state index >= 15 is 0 Å². The van der Waals surface area contributed by atoms with Crippen LogP contribution in [-0.2, 0) is 4.79 Å². The maximum Gasteiger partial charge on any atom is 0.339 e. The highest BCUT2D eigenvalue weighted by Crippen LogP contribution is 2.63. The van der Waals surface area contributed by atoms with E-state index in [9.17, 15) is 9.59 Å². The van der Waals surface area contributed by atoms with Crippen LogP contribution in [0.15, 0.2) is 18.2 Å². The molecule has 106 valence electrons. The summed E-state index contributed by atoms with van der Waals surface area (Å²) in [6.07, 6.45) is 4.50. The molecule has 0 saturated heterocycles. The molecule has 2 aliphatic carbocycles. The summed E-state index contributed by atoms with van der Waals surface area (Å²) >= 11 is 0. The SMILES string of the molecule is COc1cc(NC(=O)C2CC3(CC3)C2)ccc1C(=O)O. The van der Waals surface area contributed by atoms with Crippen molar-refractivity contribution >= 4 is 17.6 Å². The highest BCUT2D eigenvalue weighted by atomic mass is 16.5. The van der Waals surface area contributed by atoms with Crippen molar-refractivity contribution in [1.82, 2.24) is 0 Å². The molecule has 0 radical (unpaired) electrons. The van der Waals surface area contributed by atoms with Gasteiger partial charge in [-0.05, 0) is 43.2 Å². The number of methoxy groups -OCH3 is 1. The lowest BCUT2D eigenvalue weighted by atomic mass is 9.71. The van der Waals surface area contributed by atoms with E-state index in [0.29, 0.717) is 11.1 Å². The predicted molar refractivity (Wildman–Crippen MR) is 73.0 cm³/mol. The summed E-state index contributed by atoms with van der Waals surface area (Å²) in [5, 5.41) is 11.8. The number of nitrogens with one attached hydrogen (secondary N) is 1. The second-order valence-electron chi connectivity index (χ2n) is 5.81. The Morgan fingerprint density at radius 1 is 1.35 bits per heavy atom. The molecule has 0 aromatic heterocycles. The van der Waals surface area contributed by atoms with Crippen molar-refractivity contribution in [1.29, 1.82) is 0 Å². The van der Waals surface area contributed by atoms with Crippen LogP contribution in [-0.4, -0.2) is 24.1 Å². The molecule has 2 fully saturated rings. The highest BCUT2D eigenvalue weighted by molar-refractivity contribution is 5.96. The molecule has 3 rings (SSSR count). The van der Waals surface area contributed by atoms with Crippen molar-refractivity contribution in [2.75, 3.05) is 12.4 Å². The van der Waals surface area contributed by atoms with Gasteiger partial charge in [-0.15, -0.1) is 0 Å². The first kappa shape index (κ1) is 13.0. The molecule has 5 nitrogen and oxygen atoms in total. The largest absolute Gasteiger partial charge is 0.496 e. The van der Waals surface area contributed by atoms with Gasteiger partial charge in [-0.2, -0.15) is 0 Å². The van der Waals surface area contributed by atoms with E-state index in [2.05, 4.69) is 5.32 Å². The zero-order valence-corrected chi connectivity index (χ0v) is 11.3. The van der Waals surface area contributed by atoms with Crippen LogP contribution in [0.3, 0.4) is 0 Å². The molecule has 2 saturated carbocycles. The smallest absolute Gasteiger partial charge is 0.339 e. The van der Waals surface area contributed by atoms with E-state index in [1.54, 1.807) is 12.1 Å². The molecule has 1 aromatic carbocycles. The first-order valence-electron chi connectivity index (χ1n) is 6.75. The minimum absolute atomic E-state index is 0.0210. The van der Waals surface area contributed by atoms with Gasteiger partial charge in [0, 0.05) is 17.7 Å². The monoisotopic (exact) mass is 275 g/mol. The molecule has 5 heteroatoms. The maximum atomic E-state index is 12.1. The van der Waals surface area contributed by atoms with Crippen molar-refractivity contribution < 1.29 is 19.4 Å². The Morgan fingerprint density at radius 3 is 2.60 bits per heavy atom. The van der Waals surface area contributed by atoms with Gasteiger partial charge in [0.2, 0.25) is 5.91 Å². The van der Waals surface area contributed by atoms with E-state index in [4.69, 9.17) is 9.84 Å². The van der Waals surface area contributed by atoms with Crippen LogP contribution in [0.25, 0.3) is 0 Å². The minimum Gasteiger partial charge on any atom is -0.496 e. The molecule has 20 heavy (non-hydrogen) atoms. The van der Waals surface area contributed by atoms with E-state index in [0.717, 1.165) is 12.8 Å². The highest BCUT2D eigenvalue weighted by Gasteiger charge is 2.54. The van der Waals surface area contributed by atoms with Crippen LogP contribution >= 0.6 is 0 Å². The molecule has 1 amide bonds. The first-order chi connectivity index (χ1) is 9.53. The van der Waals surface area contributed by atoms with Gasteiger partial charge >= 0.3 is 5.97 Å². The average molecular weight is 275 g/mol. The molecular formula is C15H17NO4. The van der Waals surface area contributed by atoms with Crippen molar-refractivity contribution in [3.05, 3.63) is 23.8 Å². The summed E-state index contributed by atoms with van der Waals surface area (Å²) in [5.41, 5.74) is 1.16. The second kappa shape index (κ2) is 4.51. The third-order valence-electron chi connectivity index (χ3n) is 4.39. The fourth-order valence-electron chi connectivity index (χ4n) is 2.95. The molecule has 0 heterocycles. The molecule has 0 unspecified atom stereocenters. The number of carboxylic acids is 1. The predicted octanol–water partition coefficient (Wildman–Crippen LogP) is 2.52. The number of rotatable bonds is 4. The summed E-state index contributed by atoms with van der Waals surface area (Å²) in [4.78, 5) is 23.0. The molecule has 2 aliphatic rings. The Kier molecular flexibility index (Phi) is 2.92. The molecule has 0 aliphatic heterocycles. The van der Waals surface area contributed by atoms with Crippen LogP contribution in [0.4, 0.5) is 5.69 Å². The van der Waals surface area contributed by atoms with Crippen LogP contribution < -0.4 is 10.1 Å². The summed E-state index contributed by atoms with van der Waals surface area (Å²) in [6.45, 7) is 0. The Morgan fingerprint density at radius 2 is 2.05 bits per heavy atom. The van der Waals surface area contributed by atoms with Gasteiger partial charge in [0.1, 0.15) is 11.3 Å². The summed E-state index contributed by atoms with van der Waals surface area (Å²) < 4.78 is 5.04. The number of carbonyl (C=O) groups excluding carboxylic acids is 1. The zero-order valence-electron chi connectivity index (χ0n) is 11.3. The van der Waals surface area contributed by atoms with Crippen LogP contribution in [0, 0.1) is 11.3 Å². The summed E-state index contributed by atoms with van der Waals surface area (Å²) in [7, 11) is 1.41. The van der Waals surface area contributed by atoms with Crippen molar-refractivity contribution in [2.45, 2.75) is 25.7 Å². The lowest BCUT2D eigenvalue weighted by Gasteiger charge is -2.34. The number of amides is 1. The van der Waals surface area contributed by atoms with Gasteiger partial charge in [-0.25, -0.2) is 4.79 Å². The number of hydrogen-bond acceptors (Lipinski definition) is 3. The topological polar surface area (TPSA) is 75.6 Å². The van der Waals surface area contributed by atoms with Crippen molar-refractivity contribution in [3.8, 4) is 5.75 Å². The van der Waals surface area contributed by atoms with Gasteiger partial charge in [0.05, 0.1) is 7.11 Å². The normalized spacial score (nSPS) is 19.2. The second-order valence-corrected chi connectivity index (χ2v) is 5.81. The molecule has 1 aromatic rings. The quantitative estimate of drug-likeness (QED) is 0.885. The van der Waals surface area contributed by atoms with E-state index in [1.807, 2.05) is 0 Å². The Hall–Kier alpha value is -2.04. The van der Waals surface area contributed by atoms with Gasteiger partial charge in [0.15, 0.2) is 0 Å². The number of carbonyl (C=O) groups is 2.